The van der Waals surface area contributed by atoms with E-state index in [0.29, 0.717) is 12.2 Å². The van der Waals surface area contributed by atoms with Crippen LogP contribution in [0.25, 0.3) is 0 Å². The Bertz CT molecular complexity index is 434. The van der Waals surface area contributed by atoms with Crippen molar-refractivity contribution in [2.75, 3.05) is 18.9 Å². The minimum atomic E-state index is -0.405. The summed E-state index contributed by atoms with van der Waals surface area (Å²) in [5.74, 6) is 0. The molecule has 6 heteroatoms. The maximum absolute atomic E-state index is 11.9. The minimum absolute atomic E-state index is 0.0469. The molecule has 0 radical (unpaired) electrons. The average molecular weight is 234 g/mol. The van der Waals surface area contributed by atoms with Crippen LogP contribution in [0.4, 0.5) is 15.3 Å². The molecule has 1 atom stereocenters. The van der Waals surface area contributed by atoms with Gasteiger partial charge in [0.25, 0.3) is 0 Å². The van der Waals surface area contributed by atoms with Crippen LogP contribution in [0.5, 0.6) is 0 Å². The second-order valence-corrected chi connectivity index (χ2v) is 4.02. The van der Waals surface area contributed by atoms with Crippen molar-refractivity contribution < 1.29 is 9.59 Å². The lowest BCUT2D eigenvalue weighted by Crippen LogP contribution is -2.37. The molecule has 0 bridgehead atoms. The fraction of sp³-hybridized carbons (Fsp3) is 0.364. The van der Waals surface area contributed by atoms with Crippen molar-refractivity contribution in [3.8, 4) is 0 Å². The first-order valence-corrected chi connectivity index (χ1v) is 5.35. The quantitative estimate of drug-likeness (QED) is 0.798. The number of imide groups is 1. The summed E-state index contributed by atoms with van der Waals surface area (Å²) < 4.78 is 0. The van der Waals surface area contributed by atoms with Crippen LogP contribution in [0.2, 0.25) is 0 Å². The molecule has 0 aliphatic carbocycles. The summed E-state index contributed by atoms with van der Waals surface area (Å²) >= 11 is 0. The third-order valence-electron chi connectivity index (χ3n) is 2.82. The van der Waals surface area contributed by atoms with Crippen LogP contribution in [0.1, 0.15) is 6.92 Å². The molecule has 17 heavy (non-hydrogen) atoms. The summed E-state index contributed by atoms with van der Waals surface area (Å²) in [5.41, 5.74) is 0.625. The molecule has 2 heterocycles. The van der Waals surface area contributed by atoms with Gasteiger partial charge in [0.2, 0.25) is 0 Å². The van der Waals surface area contributed by atoms with Gasteiger partial charge in [-0.25, -0.2) is 14.5 Å². The average Bonchev–Trinajstić information content (AvgIpc) is 2.58. The van der Waals surface area contributed by atoms with Crippen LogP contribution >= 0.6 is 0 Å². The van der Waals surface area contributed by atoms with Gasteiger partial charge in [0.05, 0.1) is 6.54 Å². The number of urea groups is 2. The van der Waals surface area contributed by atoms with Crippen molar-refractivity contribution in [3.05, 3.63) is 24.5 Å². The van der Waals surface area contributed by atoms with Gasteiger partial charge in [-0.15, -0.1) is 0 Å². The largest absolute Gasteiger partial charge is 0.330 e. The van der Waals surface area contributed by atoms with Gasteiger partial charge in [0.15, 0.2) is 0 Å². The molecule has 1 unspecified atom stereocenters. The fourth-order valence-corrected chi connectivity index (χ4v) is 1.64. The summed E-state index contributed by atoms with van der Waals surface area (Å²) in [7, 11) is 1.69. The topological polar surface area (TPSA) is 65.5 Å². The summed E-state index contributed by atoms with van der Waals surface area (Å²) in [6.07, 6.45) is 3.16. The number of carbonyl (C=O) groups excluding carboxylic acids is 2. The number of pyridine rings is 1. The van der Waals surface area contributed by atoms with Gasteiger partial charge in [-0.1, -0.05) is 0 Å². The third-order valence-corrected chi connectivity index (χ3v) is 2.82. The smallest absolute Gasteiger partial charge is 0.323 e. The van der Waals surface area contributed by atoms with Crippen LogP contribution < -0.4 is 5.32 Å². The molecule has 1 fully saturated rings. The van der Waals surface area contributed by atoms with Crippen molar-refractivity contribution in [1.82, 2.24) is 14.8 Å². The van der Waals surface area contributed by atoms with Gasteiger partial charge in [-0.3, -0.25) is 4.98 Å². The Hall–Kier alpha value is -2.11. The number of hydrogen-bond donors (Lipinski definition) is 1. The number of nitrogens with zero attached hydrogens (tertiary/aromatic N) is 3. The number of anilines is 1. The van der Waals surface area contributed by atoms with Gasteiger partial charge in [-0.2, -0.15) is 0 Å². The second-order valence-electron chi connectivity index (χ2n) is 4.02. The van der Waals surface area contributed by atoms with E-state index in [9.17, 15) is 9.59 Å². The second kappa shape index (κ2) is 4.40. The van der Waals surface area contributed by atoms with Crippen LogP contribution in [0, 0.1) is 0 Å². The zero-order valence-corrected chi connectivity index (χ0v) is 9.75. The molecule has 90 valence electrons. The lowest BCUT2D eigenvalue weighted by atomic mass is 10.3. The molecular weight excluding hydrogens is 220 g/mol. The highest BCUT2D eigenvalue weighted by atomic mass is 16.2. The number of hydrogen-bond acceptors (Lipinski definition) is 3. The molecule has 0 aromatic carbocycles. The van der Waals surface area contributed by atoms with Crippen molar-refractivity contribution in [1.29, 1.82) is 0 Å². The van der Waals surface area contributed by atoms with E-state index in [-0.39, 0.29) is 12.1 Å². The van der Waals surface area contributed by atoms with Gasteiger partial charge >= 0.3 is 12.1 Å². The van der Waals surface area contributed by atoms with Gasteiger partial charge in [0, 0.05) is 31.2 Å². The van der Waals surface area contributed by atoms with E-state index in [1.165, 1.54) is 4.90 Å². The van der Waals surface area contributed by atoms with E-state index in [1.807, 2.05) is 6.92 Å². The summed E-state index contributed by atoms with van der Waals surface area (Å²) in [5, 5.41) is 2.65. The molecule has 4 amide bonds. The van der Waals surface area contributed by atoms with Gasteiger partial charge < -0.3 is 10.2 Å². The molecule has 1 saturated heterocycles. The summed E-state index contributed by atoms with van der Waals surface area (Å²) in [6.45, 7) is 2.31. The Labute approximate surface area is 99.2 Å². The van der Waals surface area contributed by atoms with Gasteiger partial charge in [-0.05, 0) is 19.1 Å². The highest BCUT2D eigenvalue weighted by Crippen LogP contribution is 2.15. The molecule has 0 spiro atoms. The monoisotopic (exact) mass is 234 g/mol. The van der Waals surface area contributed by atoms with Crippen molar-refractivity contribution in [2.24, 2.45) is 0 Å². The molecule has 0 saturated carbocycles. The lowest BCUT2D eigenvalue weighted by molar-refractivity contribution is 0.194. The molecule has 2 rings (SSSR count). The number of amides is 4. The van der Waals surface area contributed by atoms with E-state index in [1.54, 1.807) is 36.5 Å². The molecule has 6 nitrogen and oxygen atoms in total. The van der Waals surface area contributed by atoms with Crippen LogP contribution in [-0.2, 0) is 0 Å². The SMILES string of the molecule is CC1CN(C(=O)Nc2ccncc2)C(=O)N1C. The summed E-state index contributed by atoms with van der Waals surface area (Å²) in [6, 6.07) is 2.71. The van der Waals surface area contributed by atoms with E-state index in [2.05, 4.69) is 10.3 Å². The first kappa shape index (κ1) is 11.4. The first-order valence-electron chi connectivity index (χ1n) is 5.35. The zero-order valence-electron chi connectivity index (χ0n) is 9.75. The Morgan fingerprint density at radius 3 is 2.65 bits per heavy atom. The fourth-order valence-electron chi connectivity index (χ4n) is 1.64. The zero-order chi connectivity index (χ0) is 12.4. The van der Waals surface area contributed by atoms with E-state index in [4.69, 9.17) is 0 Å². The molecule has 1 N–H and O–H groups in total. The predicted octanol–water partition coefficient (Wildman–Crippen LogP) is 1.37. The number of likely N-dealkylation sites (N-methyl/N-ethyl adjacent to an activating group) is 1. The Morgan fingerprint density at radius 2 is 2.12 bits per heavy atom. The number of rotatable bonds is 1. The number of aromatic nitrogens is 1. The number of nitrogens with one attached hydrogen (secondary N) is 1. The van der Waals surface area contributed by atoms with E-state index < -0.39 is 6.03 Å². The molecule has 1 aromatic rings. The maximum atomic E-state index is 11.9. The maximum Gasteiger partial charge on any atom is 0.330 e. The molecule has 1 aromatic heterocycles. The Morgan fingerprint density at radius 1 is 1.47 bits per heavy atom. The van der Waals surface area contributed by atoms with Crippen LogP contribution in [0.15, 0.2) is 24.5 Å². The third kappa shape index (κ3) is 2.20. The molecule has 1 aliphatic rings. The number of carbonyl (C=O) groups is 2. The van der Waals surface area contributed by atoms with E-state index in [0.717, 1.165) is 0 Å². The highest BCUT2D eigenvalue weighted by Gasteiger charge is 2.35. The van der Waals surface area contributed by atoms with Crippen molar-refractivity contribution in [3.63, 3.8) is 0 Å². The Balaban J connectivity index is 2.05. The normalized spacial score (nSPS) is 19.6. The van der Waals surface area contributed by atoms with Gasteiger partial charge in [0.1, 0.15) is 0 Å². The molecule has 1 aliphatic heterocycles. The van der Waals surface area contributed by atoms with Crippen LogP contribution in [-0.4, -0.2) is 46.5 Å². The van der Waals surface area contributed by atoms with E-state index >= 15 is 0 Å². The first-order chi connectivity index (χ1) is 8.09. The molecular formula is C11H14N4O2. The van der Waals surface area contributed by atoms with Crippen molar-refractivity contribution in [2.45, 2.75) is 13.0 Å². The standard InChI is InChI=1S/C11H14N4O2/c1-8-7-15(11(17)14(8)2)10(16)13-9-3-5-12-6-4-9/h3-6,8H,7H2,1-2H3,(H,12,13,16). The predicted molar refractivity (Wildman–Crippen MR) is 62.6 cm³/mol. The Kier molecular flexibility index (Phi) is 2.95. The summed E-state index contributed by atoms with van der Waals surface area (Å²) in [4.78, 5) is 30.2. The van der Waals surface area contributed by atoms with Crippen LogP contribution in [0.3, 0.4) is 0 Å². The van der Waals surface area contributed by atoms with Crippen molar-refractivity contribution >= 4 is 17.7 Å². The highest BCUT2D eigenvalue weighted by molar-refractivity contribution is 6.01. The minimum Gasteiger partial charge on any atom is -0.323 e. The lowest BCUT2D eigenvalue weighted by Gasteiger charge is -2.14.